The third kappa shape index (κ3) is 2.59. The van der Waals surface area contributed by atoms with E-state index in [1.54, 1.807) is 23.0 Å². The smallest absolute Gasteiger partial charge is 0.0959 e. The first-order valence-corrected chi connectivity index (χ1v) is 7.32. The van der Waals surface area contributed by atoms with E-state index in [0.29, 0.717) is 10.0 Å². The summed E-state index contributed by atoms with van der Waals surface area (Å²) in [5.74, 6) is 0. The van der Waals surface area contributed by atoms with Crippen LogP contribution in [-0.4, -0.2) is 15.0 Å². The van der Waals surface area contributed by atoms with Crippen LogP contribution in [0.25, 0.3) is 16.9 Å². The van der Waals surface area contributed by atoms with Gasteiger partial charge in [-0.05, 0) is 42.5 Å². The van der Waals surface area contributed by atoms with E-state index in [1.807, 2.05) is 30.3 Å². The van der Waals surface area contributed by atoms with Crippen molar-refractivity contribution in [2.24, 2.45) is 0 Å². The molecule has 3 aromatic rings. The summed E-state index contributed by atoms with van der Waals surface area (Å²) < 4.78 is 2.74. The SMILES string of the molecule is Clc1ccc(-c2cnnn2-c2ccc(Br)cc2)c(Cl)c1. The van der Waals surface area contributed by atoms with Gasteiger partial charge in [-0.1, -0.05) is 44.3 Å². The van der Waals surface area contributed by atoms with Gasteiger partial charge in [0.2, 0.25) is 0 Å². The molecule has 1 aromatic heterocycles. The first kappa shape index (κ1) is 13.6. The third-order valence-electron chi connectivity index (χ3n) is 2.83. The minimum atomic E-state index is 0.568. The van der Waals surface area contributed by atoms with Gasteiger partial charge in [-0.15, -0.1) is 5.10 Å². The van der Waals surface area contributed by atoms with Crippen molar-refractivity contribution in [2.75, 3.05) is 0 Å². The zero-order valence-electron chi connectivity index (χ0n) is 10.1. The number of nitrogens with zero attached hydrogens (tertiary/aromatic N) is 3. The Hall–Kier alpha value is -1.36. The lowest BCUT2D eigenvalue weighted by Gasteiger charge is -2.08. The predicted molar refractivity (Wildman–Crippen MR) is 84.5 cm³/mol. The number of aromatic nitrogens is 3. The maximum absolute atomic E-state index is 6.24. The molecule has 0 saturated heterocycles. The van der Waals surface area contributed by atoms with E-state index < -0.39 is 0 Å². The molecule has 0 amide bonds. The van der Waals surface area contributed by atoms with Crippen LogP contribution < -0.4 is 0 Å². The molecule has 0 aliphatic rings. The fourth-order valence-electron chi connectivity index (χ4n) is 1.89. The number of hydrogen-bond acceptors (Lipinski definition) is 2. The summed E-state index contributed by atoms with van der Waals surface area (Å²) in [7, 11) is 0. The molecule has 3 nitrogen and oxygen atoms in total. The fraction of sp³-hybridized carbons (Fsp3) is 0. The average molecular weight is 369 g/mol. The van der Waals surface area contributed by atoms with Crippen molar-refractivity contribution < 1.29 is 0 Å². The molecule has 0 radical (unpaired) electrons. The molecule has 3 rings (SSSR count). The highest BCUT2D eigenvalue weighted by atomic mass is 79.9. The van der Waals surface area contributed by atoms with E-state index in [4.69, 9.17) is 23.2 Å². The molecule has 0 aliphatic carbocycles. The molecular formula is C14H8BrCl2N3. The molecule has 0 N–H and O–H groups in total. The van der Waals surface area contributed by atoms with E-state index in [9.17, 15) is 0 Å². The number of halogens is 3. The lowest BCUT2D eigenvalue weighted by atomic mass is 10.1. The largest absolute Gasteiger partial charge is 0.213 e. The van der Waals surface area contributed by atoms with Crippen LogP contribution in [0.5, 0.6) is 0 Å². The molecule has 0 bridgehead atoms. The third-order valence-corrected chi connectivity index (χ3v) is 3.90. The molecule has 1 heterocycles. The highest BCUT2D eigenvalue weighted by Crippen LogP contribution is 2.31. The predicted octanol–water partition coefficient (Wildman–Crippen LogP) is 5.00. The Labute approximate surface area is 134 Å². The summed E-state index contributed by atoms with van der Waals surface area (Å²) in [6.45, 7) is 0. The Balaban J connectivity index is 2.12. The van der Waals surface area contributed by atoms with Gasteiger partial charge in [-0.2, -0.15) is 0 Å². The van der Waals surface area contributed by atoms with Crippen molar-refractivity contribution >= 4 is 39.1 Å². The van der Waals surface area contributed by atoms with E-state index in [2.05, 4.69) is 26.2 Å². The molecule has 0 saturated carbocycles. The monoisotopic (exact) mass is 367 g/mol. The van der Waals surface area contributed by atoms with Gasteiger partial charge in [0.15, 0.2) is 0 Å². The summed E-state index contributed by atoms with van der Waals surface area (Å²) >= 11 is 15.6. The Kier molecular flexibility index (Phi) is 3.78. The van der Waals surface area contributed by atoms with Crippen molar-refractivity contribution in [1.82, 2.24) is 15.0 Å². The van der Waals surface area contributed by atoms with Gasteiger partial charge >= 0.3 is 0 Å². The first-order valence-electron chi connectivity index (χ1n) is 5.77. The van der Waals surface area contributed by atoms with Crippen LogP contribution >= 0.6 is 39.1 Å². The van der Waals surface area contributed by atoms with Crippen LogP contribution in [0.15, 0.2) is 53.1 Å². The van der Waals surface area contributed by atoms with Crippen LogP contribution in [0.2, 0.25) is 10.0 Å². The standard InChI is InChI=1S/C14H8BrCl2N3/c15-9-1-4-11(5-2-9)20-14(8-18-19-20)12-6-3-10(16)7-13(12)17/h1-8H. The van der Waals surface area contributed by atoms with Crippen LogP contribution in [0.4, 0.5) is 0 Å². The Morgan fingerprint density at radius 2 is 1.75 bits per heavy atom. The van der Waals surface area contributed by atoms with Gasteiger partial charge in [0.1, 0.15) is 0 Å². The fourth-order valence-corrected chi connectivity index (χ4v) is 2.66. The summed E-state index contributed by atoms with van der Waals surface area (Å²) in [6.07, 6.45) is 1.68. The Bertz CT molecular complexity index is 753. The van der Waals surface area contributed by atoms with Crippen LogP contribution in [-0.2, 0) is 0 Å². The highest BCUT2D eigenvalue weighted by Gasteiger charge is 2.12. The molecule has 20 heavy (non-hydrogen) atoms. The average Bonchev–Trinajstić information content (AvgIpc) is 2.88. The van der Waals surface area contributed by atoms with Crippen molar-refractivity contribution in [1.29, 1.82) is 0 Å². The van der Waals surface area contributed by atoms with E-state index >= 15 is 0 Å². The van der Waals surface area contributed by atoms with Gasteiger partial charge < -0.3 is 0 Å². The van der Waals surface area contributed by atoms with Gasteiger partial charge in [0, 0.05) is 15.1 Å². The number of benzene rings is 2. The lowest BCUT2D eigenvalue weighted by molar-refractivity contribution is 0.808. The van der Waals surface area contributed by atoms with Crippen LogP contribution in [0.1, 0.15) is 0 Å². The van der Waals surface area contributed by atoms with Gasteiger partial charge in [0.25, 0.3) is 0 Å². The Morgan fingerprint density at radius 1 is 1.00 bits per heavy atom. The second-order valence-corrected chi connectivity index (χ2v) is 5.89. The summed E-state index contributed by atoms with van der Waals surface area (Å²) in [5, 5.41) is 9.25. The molecule has 0 atom stereocenters. The molecular weight excluding hydrogens is 361 g/mol. The van der Waals surface area contributed by atoms with Gasteiger partial charge in [-0.25, -0.2) is 4.68 Å². The second kappa shape index (κ2) is 5.56. The minimum absolute atomic E-state index is 0.568. The first-order chi connectivity index (χ1) is 9.65. The van der Waals surface area contributed by atoms with Crippen molar-refractivity contribution in [3.05, 3.63) is 63.2 Å². The number of rotatable bonds is 2. The molecule has 2 aromatic carbocycles. The lowest BCUT2D eigenvalue weighted by Crippen LogP contribution is -1.99. The van der Waals surface area contributed by atoms with Crippen LogP contribution in [0, 0.1) is 0 Å². The quantitative estimate of drug-likeness (QED) is 0.636. The summed E-state index contributed by atoms with van der Waals surface area (Å²) in [5.41, 5.74) is 2.56. The zero-order valence-corrected chi connectivity index (χ0v) is 13.2. The number of hydrogen-bond donors (Lipinski definition) is 0. The zero-order chi connectivity index (χ0) is 14.1. The van der Waals surface area contributed by atoms with Gasteiger partial charge in [0.05, 0.1) is 22.6 Å². The maximum Gasteiger partial charge on any atom is 0.0959 e. The maximum atomic E-state index is 6.24. The van der Waals surface area contributed by atoms with E-state index in [-0.39, 0.29) is 0 Å². The second-order valence-electron chi connectivity index (χ2n) is 4.13. The topological polar surface area (TPSA) is 30.7 Å². The van der Waals surface area contributed by atoms with Crippen LogP contribution in [0.3, 0.4) is 0 Å². The normalized spacial score (nSPS) is 10.8. The van der Waals surface area contributed by atoms with Crippen molar-refractivity contribution in [3.8, 4) is 16.9 Å². The highest BCUT2D eigenvalue weighted by molar-refractivity contribution is 9.10. The Morgan fingerprint density at radius 3 is 2.45 bits per heavy atom. The minimum Gasteiger partial charge on any atom is -0.213 e. The molecule has 6 heteroatoms. The molecule has 100 valence electrons. The van der Waals surface area contributed by atoms with Crippen molar-refractivity contribution in [3.63, 3.8) is 0 Å². The van der Waals surface area contributed by atoms with Gasteiger partial charge in [-0.3, -0.25) is 0 Å². The van der Waals surface area contributed by atoms with E-state index in [0.717, 1.165) is 21.4 Å². The van der Waals surface area contributed by atoms with Crippen molar-refractivity contribution in [2.45, 2.75) is 0 Å². The van der Waals surface area contributed by atoms with E-state index in [1.165, 1.54) is 0 Å². The summed E-state index contributed by atoms with van der Waals surface area (Å²) in [4.78, 5) is 0. The molecule has 0 aliphatic heterocycles. The summed E-state index contributed by atoms with van der Waals surface area (Å²) in [6, 6.07) is 13.2. The molecule has 0 fully saturated rings. The molecule has 0 unspecified atom stereocenters. The molecule has 0 spiro atoms.